The average Bonchev–Trinajstić information content (AvgIpc) is 2.79. The van der Waals surface area contributed by atoms with E-state index < -0.39 is 0 Å². The summed E-state index contributed by atoms with van der Waals surface area (Å²) in [5.74, 6) is 1.29. The molecule has 0 radical (unpaired) electrons. The maximum atomic E-state index is 13.0. The first-order chi connectivity index (χ1) is 14.5. The lowest BCUT2D eigenvalue weighted by atomic mass is 9.95. The molecule has 0 saturated carbocycles. The van der Waals surface area contributed by atoms with E-state index in [4.69, 9.17) is 9.47 Å². The summed E-state index contributed by atoms with van der Waals surface area (Å²) >= 11 is 0. The number of nitrogens with zero attached hydrogens (tertiary/aromatic N) is 2. The summed E-state index contributed by atoms with van der Waals surface area (Å²) in [5.41, 5.74) is 1.67. The third-order valence-corrected chi connectivity index (χ3v) is 5.42. The lowest BCUT2D eigenvalue weighted by molar-refractivity contribution is -0.136. The van der Waals surface area contributed by atoms with E-state index in [9.17, 15) is 9.59 Å². The Balaban J connectivity index is 1.54. The zero-order chi connectivity index (χ0) is 21.5. The number of nitrogens with one attached hydrogen (secondary N) is 1. The number of piperidine rings is 1. The van der Waals surface area contributed by atoms with E-state index in [1.54, 1.807) is 31.1 Å². The highest BCUT2D eigenvalue weighted by atomic mass is 16.5. The number of benzene rings is 2. The first kappa shape index (κ1) is 21.5. The number of urea groups is 1. The smallest absolute Gasteiger partial charge is 0.321 e. The Kier molecular flexibility index (Phi) is 7.17. The van der Waals surface area contributed by atoms with Crippen LogP contribution in [0.15, 0.2) is 48.5 Å². The number of ether oxygens (including phenoxy) is 2. The molecular weight excluding hydrogens is 382 g/mol. The summed E-state index contributed by atoms with van der Waals surface area (Å²) < 4.78 is 10.8. The third kappa shape index (κ3) is 5.03. The topological polar surface area (TPSA) is 71.1 Å². The molecule has 2 aromatic rings. The van der Waals surface area contributed by atoms with Crippen molar-refractivity contribution in [3.05, 3.63) is 54.1 Å². The van der Waals surface area contributed by atoms with Crippen molar-refractivity contribution in [1.29, 1.82) is 0 Å². The Hall–Kier alpha value is -3.22. The van der Waals surface area contributed by atoms with Crippen molar-refractivity contribution in [1.82, 2.24) is 9.80 Å². The normalized spacial score (nSPS) is 14.2. The van der Waals surface area contributed by atoms with Gasteiger partial charge < -0.3 is 24.6 Å². The molecule has 7 nitrogen and oxygen atoms in total. The number of para-hydroxylation sites is 2. The summed E-state index contributed by atoms with van der Waals surface area (Å²) in [4.78, 5) is 28.9. The van der Waals surface area contributed by atoms with E-state index in [2.05, 4.69) is 5.32 Å². The molecule has 3 amide bonds. The summed E-state index contributed by atoms with van der Waals surface area (Å²) in [6.07, 6.45) is 1.31. The van der Waals surface area contributed by atoms with Crippen molar-refractivity contribution in [3.63, 3.8) is 0 Å². The molecule has 7 heteroatoms. The maximum absolute atomic E-state index is 13.0. The van der Waals surface area contributed by atoms with E-state index in [1.165, 1.54) is 0 Å². The van der Waals surface area contributed by atoms with Gasteiger partial charge >= 0.3 is 6.03 Å². The van der Waals surface area contributed by atoms with Crippen LogP contribution in [0.4, 0.5) is 10.5 Å². The van der Waals surface area contributed by atoms with Crippen LogP contribution in [0.3, 0.4) is 0 Å². The van der Waals surface area contributed by atoms with Crippen molar-refractivity contribution in [2.24, 2.45) is 5.92 Å². The first-order valence-corrected chi connectivity index (χ1v) is 10.1. The molecule has 1 heterocycles. The SMILES string of the molecule is COc1cccc(CN(C)C(=O)C2CCN(C(=O)Nc3ccccc3)CC2)c1OC. The van der Waals surface area contributed by atoms with Gasteiger partial charge in [-0.05, 0) is 31.0 Å². The van der Waals surface area contributed by atoms with Gasteiger partial charge in [0.15, 0.2) is 11.5 Å². The molecular formula is C23H29N3O4. The molecule has 1 N–H and O–H groups in total. The zero-order valence-corrected chi connectivity index (χ0v) is 17.8. The minimum atomic E-state index is -0.124. The number of carbonyl (C=O) groups is 2. The van der Waals surface area contributed by atoms with Gasteiger partial charge in [0.05, 0.1) is 14.2 Å². The number of anilines is 1. The number of carbonyl (C=O) groups excluding carboxylic acids is 2. The van der Waals surface area contributed by atoms with E-state index in [1.807, 2.05) is 48.5 Å². The largest absolute Gasteiger partial charge is 0.493 e. The number of methoxy groups -OCH3 is 2. The second-order valence-corrected chi connectivity index (χ2v) is 7.40. The fraction of sp³-hybridized carbons (Fsp3) is 0.391. The summed E-state index contributed by atoms with van der Waals surface area (Å²) in [5, 5.41) is 2.90. The van der Waals surface area contributed by atoms with E-state index in [0.29, 0.717) is 44.0 Å². The molecule has 0 unspecified atom stereocenters. The van der Waals surface area contributed by atoms with Gasteiger partial charge in [0.2, 0.25) is 5.91 Å². The lowest BCUT2D eigenvalue weighted by Crippen LogP contribution is -2.44. The summed E-state index contributed by atoms with van der Waals surface area (Å²) in [6, 6.07) is 14.9. The zero-order valence-electron chi connectivity index (χ0n) is 17.8. The van der Waals surface area contributed by atoms with Crippen LogP contribution in [0.25, 0.3) is 0 Å². The number of hydrogen-bond donors (Lipinski definition) is 1. The highest BCUT2D eigenvalue weighted by Gasteiger charge is 2.29. The summed E-state index contributed by atoms with van der Waals surface area (Å²) in [6.45, 7) is 1.56. The Morgan fingerprint density at radius 1 is 1.03 bits per heavy atom. The monoisotopic (exact) mass is 411 g/mol. The van der Waals surface area contributed by atoms with E-state index in [0.717, 1.165) is 11.3 Å². The molecule has 1 fully saturated rings. The van der Waals surface area contributed by atoms with E-state index >= 15 is 0 Å². The van der Waals surface area contributed by atoms with E-state index in [-0.39, 0.29) is 17.9 Å². The second kappa shape index (κ2) is 10.0. The predicted octanol–water partition coefficient (Wildman–Crippen LogP) is 3.61. The van der Waals surface area contributed by atoms with Gasteiger partial charge in [-0.15, -0.1) is 0 Å². The number of hydrogen-bond acceptors (Lipinski definition) is 4. The lowest BCUT2D eigenvalue weighted by Gasteiger charge is -2.33. The number of rotatable bonds is 6. The van der Waals surface area contributed by atoms with Gasteiger partial charge in [0.1, 0.15) is 0 Å². The fourth-order valence-corrected chi connectivity index (χ4v) is 3.78. The van der Waals surface area contributed by atoms with Crippen LogP contribution in [0.1, 0.15) is 18.4 Å². The van der Waals surface area contributed by atoms with Crippen LogP contribution >= 0.6 is 0 Å². The Bertz CT molecular complexity index is 864. The maximum Gasteiger partial charge on any atom is 0.321 e. The molecule has 160 valence electrons. The number of likely N-dealkylation sites (tertiary alicyclic amines) is 1. The molecule has 1 saturated heterocycles. The minimum absolute atomic E-state index is 0.0861. The molecule has 0 aliphatic carbocycles. The van der Waals surface area contributed by atoms with Crippen molar-refractivity contribution < 1.29 is 19.1 Å². The highest BCUT2D eigenvalue weighted by molar-refractivity contribution is 5.89. The third-order valence-electron chi connectivity index (χ3n) is 5.42. The van der Waals surface area contributed by atoms with Crippen molar-refractivity contribution in [3.8, 4) is 11.5 Å². The molecule has 0 aromatic heterocycles. The van der Waals surface area contributed by atoms with Crippen molar-refractivity contribution in [2.75, 3.05) is 39.7 Å². The first-order valence-electron chi connectivity index (χ1n) is 10.1. The van der Waals surface area contributed by atoms with Gasteiger partial charge in [-0.1, -0.05) is 30.3 Å². The Morgan fingerprint density at radius 2 is 1.73 bits per heavy atom. The van der Waals surface area contributed by atoms with Crippen LogP contribution in [-0.2, 0) is 11.3 Å². The van der Waals surface area contributed by atoms with Crippen LogP contribution in [-0.4, -0.2) is 56.1 Å². The molecule has 0 spiro atoms. The summed E-state index contributed by atoms with van der Waals surface area (Å²) in [7, 11) is 4.99. The van der Waals surface area contributed by atoms with Gasteiger partial charge in [-0.2, -0.15) is 0 Å². The van der Waals surface area contributed by atoms with Gasteiger partial charge in [-0.25, -0.2) is 4.79 Å². The molecule has 30 heavy (non-hydrogen) atoms. The minimum Gasteiger partial charge on any atom is -0.493 e. The quantitative estimate of drug-likeness (QED) is 0.788. The molecule has 3 rings (SSSR count). The van der Waals surface area contributed by atoms with Crippen LogP contribution in [0, 0.1) is 5.92 Å². The molecule has 1 aliphatic heterocycles. The molecule has 1 aliphatic rings. The number of amides is 3. The molecule has 0 bridgehead atoms. The molecule has 0 atom stereocenters. The Labute approximate surface area is 177 Å². The molecule has 2 aromatic carbocycles. The standard InChI is InChI=1S/C23H29N3O4/c1-25(16-18-8-7-11-20(29-2)21(18)30-3)22(27)17-12-14-26(15-13-17)23(28)24-19-9-5-4-6-10-19/h4-11,17H,12-16H2,1-3H3,(H,24,28). The van der Waals surface area contributed by atoms with Gasteiger partial charge in [0.25, 0.3) is 0 Å². The van der Waals surface area contributed by atoms with Crippen molar-refractivity contribution >= 4 is 17.6 Å². The Morgan fingerprint density at radius 3 is 2.37 bits per heavy atom. The second-order valence-electron chi connectivity index (χ2n) is 7.40. The fourth-order valence-electron chi connectivity index (χ4n) is 3.78. The average molecular weight is 412 g/mol. The van der Waals surface area contributed by atoms with Gasteiger partial charge in [-0.3, -0.25) is 4.79 Å². The van der Waals surface area contributed by atoms with Crippen LogP contribution < -0.4 is 14.8 Å². The van der Waals surface area contributed by atoms with Gasteiger partial charge in [0, 0.05) is 43.9 Å². The highest BCUT2D eigenvalue weighted by Crippen LogP contribution is 2.32. The van der Waals surface area contributed by atoms with Crippen LogP contribution in [0.2, 0.25) is 0 Å². The van der Waals surface area contributed by atoms with Crippen molar-refractivity contribution in [2.45, 2.75) is 19.4 Å². The predicted molar refractivity (Wildman–Crippen MR) is 116 cm³/mol. The van der Waals surface area contributed by atoms with Crippen LogP contribution in [0.5, 0.6) is 11.5 Å².